The topological polar surface area (TPSA) is 69.7 Å². The summed E-state index contributed by atoms with van der Waals surface area (Å²) in [6.45, 7) is 7.64. The van der Waals surface area contributed by atoms with E-state index in [1.807, 2.05) is 32.9 Å². The van der Waals surface area contributed by atoms with Crippen LogP contribution in [-0.4, -0.2) is 23.3 Å². The Morgan fingerprint density at radius 3 is 2.70 bits per heavy atom. The Labute approximate surface area is 196 Å². The molecule has 1 aromatic rings. The fraction of sp³-hybridized carbons (Fsp3) is 0.607. The molecule has 0 amide bonds. The summed E-state index contributed by atoms with van der Waals surface area (Å²) in [5, 5.41) is 0. The first-order valence-corrected chi connectivity index (χ1v) is 12.3. The van der Waals surface area contributed by atoms with Crippen molar-refractivity contribution >= 4 is 17.7 Å². The first-order chi connectivity index (χ1) is 15.6. The molecular formula is C28H36O5. The number of hydrogen-bond acceptors (Lipinski definition) is 5. The minimum absolute atomic E-state index is 0.105. The molecule has 0 heterocycles. The van der Waals surface area contributed by atoms with Crippen LogP contribution >= 0.6 is 0 Å². The summed E-state index contributed by atoms with van der Waals surface area (Å²) in [6.07, 6.45) is 9.57. The number of aryl methyl sites for hydroxylation is 1. The molecule has 0 spiro atoms. The minimum Gasteiger partial charge on any atom is -0.457 e. The molecule has 0 aromatic heterocycles. The molecule has 1 aromatic carbocycles. The van der Waals surface area contributed by atoms with Crippen molar-refractivity contribution in [1.82, 2.24) is 0 Å². The molecule has 33 heavy (non-hydrogen) atoms. The van der Waals surface area contributed by atoms with Crippen LogP contribution in [-0.2, 0) is 25.5 Å². The summed E-state index contributed by atoms with van der Waals surface area (Å²) in [5.41, 5.74) is 2.03. The van der Waals surface area contributed by atoms with Crippen LogP contribution in [0.25, 0.3) is 0 Å². The van der Waals surface area contributed by atoms with E-state index in [-0.39, 0.29) is 17.8 Å². The van der Waals surface area contributed by atoms with Crippen molar-refractivity contribution in [2.24, 2.45) is 17.3 Å². The number of Topliss-reactive ketones (excluding diaryl/α,β-unsaturated/α-hetero) is 1. The van der Waals surface area contributed by atoms with Gasteiger partial charge in [-0.05, 0) is 100 Å². The molecule has 0 unspecified atom stereocenters. The van der Waals surface area contributed by atoms with E-state index in [4.69, 9.17) is 9.47 Å². The summed E-state index contributed by atoms with van der Waals surface area (Å²) >= 11 is 0. The van der Waals surface area contributed by atoms with Crippen LogP contribution in [0.2, 0.25) is 0 Å². The largest absolute Gasteiger partial charge is 0.457 e. The molecule has 3 aliphatic rings. The van der Waals surface area contributed by atoms with Gasteiger partial charge in [-0.15, -0.1) is 0 Å². The minimum atomic E-state index is -0.529. The summed E-state index contributed by atoms with van der Waals surface area (Å²) in [4.78, 5) is 36.5. The molecule has 0 bridgehead atoms. The normalized spacial score (nSPS) is 28.7. The van der Waals surface area contributed by atoms with Crippen molar-refractivity contribution in [3.63, 3.8) is 0 Å². The fourth-order valence-corrected chi connectivity index (χ4v) is 6.29. The Kier molecular flexibility index (Phi) is 6.52. The average Bonchev–Trinajstić information content (AvgIpc) is 3.04. The van der Waals surface area contributed by atoms with E-state index in [1.165, 1.54) is 17.2 Å². The number of fused-ring (bicyclic) bond motifs is 5. The van der Waals surface area contributed by atoms with Crippen LogP contribution in [0.4, 0.5) is 0 Å². The number of rotatable bonds is 5. The van der Waals surface area contributed by atoms with Crippen LogP contribution in [0.1, 0.15) is 89.7 Å². The third-order valence-corrected chi connectivity index (χ3v) is 7.81. The molecule has 4 atom stereocenters. The third kappa shape index (κ3) is 5.07. The van der Waals surface area contributed by atoms with Crippen molar-refractivity contribution in [3.05, 3.63) is 41.5 Å². The maximum absolute atomic E-state index is 12.5. The van der Waals surface area contributed by atoms with Gasteiger partial charge in [0.15, 0.2) is 0 Å². The first-order valence-electron chi connectivity index (χ1n) is 12.3. The Morgan fingerprint density at radius 1 is 1.15 bits per heavy atom. The predicted octanol–water partition coefficient (Wildman–Crippen LogP) is 5.70. The smallest absolute Gasteiger partial charge is 0.330 e. The van der Waals surface area contributed by atoms with Crippen LogP contribution in [0.15, 0.2) is 30.4 Å². The molecule has 178 valence electrons. The van der Waals surface area contributed by atoms with Gasteiger partial charge in [-0.1, -0.05) is 19.1 Å². The van der Waals surface area contributed by atoms with E-state index in [1.54, 1.807) is 6.08 Å². The number of carbonyl (C=O) groups is 3. The Bertz CT molecular complexity index is 969. The van der Waals surface area contributed by atoms with Gasteiger partial charge in [-0.25, -0.2) is 4.79 Å². The second kappa shape index (κ2) is 9.08. The molecule has 0 radical (unpaired) electrons. The lowest BCUT2D eigenvalue weighted by molar-refractivity contribution is -0.148. The third-order valence-electron chi connectivity index (χ3n) is 7.81. The molecule has 4 rings (SSSR count). The second-order valence-electron chi connectivity index (χ2n) is 11.1. The number of hydrogen-bond donors (Lipinski definition) is 0. The summed E-state index contributed by atoms with van der Waals surface area (Å²) in [5.74, 6) is 1.96. The lowest BCUT2D eigenvalue weighted by atomic mass is 9.55. The monoisotopic (exact) mass is 452 g/mol. The summed E-state index contributed by atoms with van der Waals surface area (Å²) in [6, 6.07) is 6.06. The number of allylic oxidation sites excluding steroid dienone is 1. The molecule has 5 heteroatoms. The van der Waals surface area contributed by atoms with E-state index >= 15 is 0 Å². The van der Waals surface area contributed by atoms with Gasteiger partial charge >= 0.3 is 11.9 Å². The van der Waals surface area contributed by atoms with Crippen molar-refractivity contribution in [1.29, 1.82) is 0 Å². The lowest BCUT2D eigenvalue weighted by Crippen LogP contribution is -2.42. The predicted molar refractivity (Wildman–Crippen MR) is 126 cm³/mol. The molecule has 5 nitrogen and oxygen atoms in total. The molecule has 3 aliphatic carbocycles. The van der Waals surface area contributed by atoms with E-state index in [9.17, 15) is 14.4 Å². The van der Waals surface area contributed by atoms with Gasteiger partial charge in [0.05, 0.1) is 0 Å². The highest BCUT2D eigenvalue weighted by Crippen LogP contribution is 2.59. The van der Waals surface area contributed by atoms with Crippen LogP contribution in [0.3, 0.4) is 0 Å². The molecule has 0 aliphatic heterocycles. The van der Waals surface area contributed by atoms with Crippen molar-refractivity contribution in [2.45, 2.75) is 90.6 Å². The number of ketones is 1. The van der Waals surface area contributed by atoms with Crippen LogP contribution in [0.5, 0.6) is 5.75 Å². The van der Waals surface area contributed by atoms with Crippen LogP contribution in [0, 0.1) is 17.3 Å². The highest BCUT2D eigenvalue weighted by Gasteiger charge is 2.54. The van der Waals surface area contributed by atoms with Gasteiger partial charge in [-0.3, -0.25) is 9.59 Å². The van der Waals surface area contributed by atoms with Gasteiger partial charge in [-0.2, -0.15) is 0 Å². The number of ether oxygens (including phenoxy) is 2. The molecule has 0 N–H and O–H groups in total. The fourth-order valence-electron chi connectivity index (χ4n) is 6.29. The Balaban J connectivity index is 1.33. The number of esters is 2. The highest BCUT2D eigenvalue weighted by molar-refractivity contribution is 5.87. The van der Waals surface area contributed by atoms with Crippen molar-refractivity contribution < 1.29 is 23.9 Å². The molecule has 0 saturated heterocycles. The molecule has 2 saturated carbocycles. The van der Waals surface area contributed by atoms with E-state index in [0.717, 1.165) is 38.5 Å². The van der Waals surface area contributed by atoms with Crippen molar-refractivity contribution in [3.8, 4) is 5.75 Å². The summed E-state index contributed by atoms with van der Waals surface area (Å²) < 4.78 is 10.8. The van der Waals surface area contributed by atoms with Gasteiger partial charge in [0.2, 0.25) is 0 Å². The molecular weight excluding hydrogens is 416 g/mol. The zero-order valence-electron chi connectivity index (χ0n) is 20.3. The quantitative estimate of drug-likeness (QED) is 0.326. The number of benzene rings is 1. The lowest BCUT2D eigenvalue weighted by Gasteiger charge is -2.48. The number of carbonyl (C=O) groups excluding carboxylic acids is 3. The highest BCUT2D eigenvalue weighted by atomic mass is 16.6. The van der Waals surface area contributed by atoms with Crippen LogP contribution < -0.4 is 4.74 Å². The second-order valence-corrected chi connectivity index (χ2v) is 11.1. The SMILES string of the molecule is CC(C)(C)OC(=O)/C=C/CCC(=O)Oc1ccc2c(c1)CC[C@@H]1[C@@H]2CC[C@]2(C)C(=O)CC[C@@H]12. The van der Waals surface area contributed by atoms with E-state index in [2.05, 4.69) is 13.0 Å². The Hall–Kier alpha value is -2.43. The summed E-state index contributed by atoms with van der Waals surface area (Å²) in [7, 11) is 0. The van der Waals surface area contributed by atoms with Gasteiger partial charge in [0, 0.05) is 24.3 Å². The first kappa shape index (κ1) is 23.7. The Morgan fingerprint density at radius 2 is 1.94 bits per heavy atom. The zero-order valence-corrected chi connectivity index (χ0v) is 20.3. The maximum atomic E-state index is 12.5. The van der Waals surface area contributed by atoms with E-state index in [0.29, 0.717) is 35.7 Å². The standard InChI is InChI=1S/C28H36O5/c1-27(2,3)33-26(31)8-6-5-7-25(30)32-19-10-12-20-18(17-19)9-11-22-21(20)15-16-28(4)23(22)13-14-24(28)29/h6,8,10,12,17,21-23H,5,7,9,11,13-16H2,1-4H3/b8-6+/t21-,22-,23+,28+/m1/s1. The van der Waals surface area contributed by atoms with Gasteiger partial charge in [0.1, 0.15) is 17.1 Å². The van der Waals surface area contributed by atoms with Gasteiger partial charge in [0.25, 0.3) is 0 Å². The van der Waals surface area contributed by atoms with E-state index < -0.39 is 11.6 Å². The molecule has 2 fully saturated rings. The van der Waals surface area contributed by atoms with Gasteiger partial charge < -0.3 is 9.47 Å². The zero-order chi connectivity index (χ0) is 23.8. The average molecular weight is 453 g/mol. The maximum Gasteiger partial charge on any atom is 0.330 e. The van der Waals surface area contributed by atoms with Crippen molar-refractivity contribution in [2.75, 3.05) is 0 Å².